The van der Waals surface area contributed by atoms with Gasteiger partial charge in [0.25, 0.3) is 0 Å². The van der Waals surface area contributed by atoms with E-state index >= 15 is 0 Å². The van der Waals surface area contributed by atoms with Gasteiger partial charge in [-0.2, -0.15) is 10.4 Å². The number of esters is 1. The standard InChI is InChI=1S/C11H8N4O2/c12-5-6-17-11(16)9-1-3-10(4-2-9)15-8-13-7-14-15/h1-4,7-8H,6H2. The molecule has 1 aromatic heterocycles. The molecule has 1 heterocycles. The summed E-state index contributed by atoms with van der Waals surface area (Å²) >= 11 is 0. The lowest BCUT2D eigenvalue weighted by Crippen LogP contribution is -2.05. The summed E-state index contributed by atoms with van der Waals surface area (Å²) in [7, 11) is 0. The predicted molar refractivity (Wildman–Crippen MR) is 57.3 cm³/mol. The van der Waals surface area contributed by atoms with Crippen molar-refractivity contribution >= 4 is 5.97 Å². The molecular weight excluding hydrogens is 220 g/mol. The molecule has 0 saturated heterocycles. The zero-order valence-corrected chi connectivity index (χ0v) is 8.78. The second kappa shape index (κ2) is 4.90. The second-order valence-electron chi connectivity index (χ2n) is 3.12. The van der Waals surface area contributed by atoms with E-state index in [1.54, 1.807) is 41.3 Å². The Balaban J connectivity index is 2.14. The van der Waals surface area contributed by atoms with Gasteiger partial charge in [0.2, 0.25) is 0 Å². The summed E-state index contributed by atoms with van der Waals surface area (Å²) in [6.07, 6.45) is 2.98. The summed E-state index contributed by atoms with van der Waals surface area (Å²) in [5.41, 5.74) is 1.18. The zero-order valence-electron chi connectivity index (χ0n) is 8.78. The number of carbonyl (C=O) groups excluding carboxylic acids is 1. The maximum Gasteiger partial charge on any atom is 0.339 e. The van der Waals surface area contributed by atoms with Crippen molar-refractivity contribution in [3.8, 4) is 11.8 Å². The number of hydrogen-bond donors (Lipinski definition) is 0. The largest absolute Gasteiger partial charge is 0.447 e. The van der Waals surface area contributed by atoms with Crippen molar-refractivity contribution in [2.45, 2.75) is 0 Å². The Kier molecular flexibility index (Phi) is 3.12. The molecule has 84 valence electrons. The molecule has 0 atom stereocenters. The van der Waals surface area contributed by atoms with Crippen molar-refractivity contribution in [1.29, 1.82) is 5.26 Å². The minimum absolute atomic E-state index is 0.246. The van der Waals surface area contributed by atoms with E-state index in [4.69, 9.17) is 5.26 Å². The van der Waals surface area contributed by atoms with Crippen molar-refractivity contribution in [3.63, 3.8) is 0 Å². The molecular formula is C11H8N4O2. The molecule has 0 fully saturated rings. The number of ether oxygens (including phenoxy) is 1. The van der Waals surface area contributed by atoms with E-state index in [-0.39, 0.29) is 6.61 Å². The van der Waals surface area contributed by atoms with Gasteiger partial charge in [-0.05, 0) is 24.3 Å². The highest BCUT2D eigenvalue weighted by molar-refractivity contribution is 5.89. The Hall–Kier alpha value is -2.68. The summed E-state index contributed by atoms with van der Waals surface area (Å²) < 4.78 is 6.25. The van der Waals surface area contributed by atoms with Gasteiger partial charge in [0.15, 0.2) is 6.61 Å². The summed E-state index contributed by atoms with van der Waals surface area (Å²) in [6, 6.07) is 8.39. The molecule has 1 aromatic carbocycles. The molecule has 0 unspecified atom stereocenters. The predicted octanol–water partition coefficient (Wildman–Crippen LogP) is 0.948. The molecule has 0 spiro atoms. The number of aromatic nitrogens is 3. The van der Waals surface area contributed by atoms with Crippen molar-refractivity contribution < 1.29 is 9.53 Å². The van der Waals surface area contributed by atoms with Crippen LogP contribution in [0, 0.1) is 11.3 Å². The minimum atomic E-state index is -0.517. The van der Waals surface area contributed by atoms with E-state index in [2.05, 4.69) is 14.8 Å². The molecule has 0 saturated carbocycles. The third-order valence-electron chi connectivity index (χ3n) is 2.05. The van der Waals surface area contributed by atoms with Crippen LogP contribution in [0.1, 0.15) is 10.4 Å². The number of nitrogens with zero attached hydrogens (tertiary/aromatic N) is 4. The maximum atomic E-state index is 11.4. The third kappa shape index (κ3) is 2.46. The number of hydrogen-bond acceptors (Lipinski definition) is 5. The molecule has 0 aliphatic carbocycles. The fourth-order valence-corrected chi connectivity index (χ4v) is 1.27. The summed E-state index contributed by atoms with van der Waals surface area (Å²) in [4.78, 5) is 15.2. The SMILES string of the molecule is N#CCOC(=O)c1ccc(-n2cncn2)cc1. The quantitative estimate of drug-likeness (QED) is 0.730. The summed E-state index contributed by atoms with van der Waals surface area (Å²) in [6.45, 7) is -0.246. The van der Waals surface area contributed by atoms with Crippen LogP contribution in [0.25, 0.3) is 5.69 Å². The van der Waals surface area contributed by atoms with Crippen LogP contribution in [0.4, 0.5) is 0 Å². The zero-order chi connectivity index (χ0) is 12.1. The fourth-order valence-electron chi connectivity index (χ4n) is 1.27. The molecule has 2 aromatic rings. The van der Waals surface area contributed by atoms with E-state index in [1.165, 1.54) is 6.33 Å². The van der Waals surface area contributed by atoms with Crippen LogP contribution in [-0.2, 0) is 4.74 Å². The lowest BCUT2D eigenvalue weighted by Gasteiger charge is -2.02. The summed E-state index contributed by atoms with van der Waals surface area (Å²) in [5.74, 6) is -0.517. The van der Waals surface area contributed by atoms with E-state index in [0.717, 1.165) is 5.69 Å². The van der Waals surface area contributed by atoms with Crippen molar-refractivity contribution in [2.75, 3.05) is 6.61 Å². The third-order valence-corrected chi connectivity index (χ3v) is 2.05. The normalized spacial score (nSPS) is 9.59. The highest BCUT2D eigenvalue weighted by Crippen LogP contribution is 2.08. The minimum Gasteiger partial charge on any atom is -0.447 e. The first-order chi connectivity index (χ1) is 8.31. The fraction of sp³-hybridized carbons (Fsp3) is 0.0909. The highest BCUT2D eigenvalue weighted by Gasteiger charge is 2.06. The Bertz CT molecular complexity index is 540. The molecule has 0 bridgehead atoms. The molecule has 6 heteroatoms. The number of benzene rings is 1. The van der Waals surface area contributed by atoms with Crippen LogP contribution < -0.4 is 0 Å². The average molecular weight is 228 g/mol. The molecule has 17 heavy (non-hydrogen) atoms. The van der Waals surface area contributed by atoms with Crippen LogP contribution in [0.2, 0.25) is 0 Å². The monoisotopic (exact) mass is 228 g/mol. The topological polar surface area (TPSA) is 80.8 Å². The van der Waals surface area contributed by atoms with Gasteiger partial charge in [0.1, 0.15) is 18.7 Å². The van der Waals surface area contributed by atoms with Gasteiger partial charge in [0.05, 0.1) is 11.3 Å². The smallest absolute Gasteiger partial charge is 0.339 e. The Morgan fingerprint density at radius 2 is 2.18 bits per heavy atom. The Morgan fingerprint density at radius 3 is 2.76 bits per heavy atom. The van der Waals surface area contributed by atoms with Crippen molar-refractivity contribution in [1.82, 2.24) is 14.8 Å². The maximum absolute atomic E-state index is 11.4. The highest BCUT2D eigenvalue weighted by atomic mass is 16.5. The van der Waals surface area contributed by atoms with E-state index in [9.17, 15) is 4.79 Å². The van der Waals surface area contributed by atoms with E-state index in [1.807, 2.05) is 0 Å². The Labute approximate surface area is 97.1 Å². The lowest BCUT2D eigenvalue weighted by molar-refractivity contribution is 0.0555. The molecule has 6 nitrogen and oxygen atoms in total. The van der Waals surface area contributed by atoms with Gasteiger partial charge in [-0.25, -0.2) is 14.5 Å². The van der Waals surface area contributed by atoms with E-state index in [0.29, 0.717) is 5.56 Å². The Morgan fingerprint density at radius 1 is 1.41 bits per heavy atom. The molecule has 0 N–H and O–H groups in total. The van der Waals surface area contributed by atoms with Gasteiger partial charge in [-0.15, -0.1) is 0 Å². The van der Waals surface area contributed by atoms with Gasteiger partial charge >= 0.3 is 5.97 Å². The van der Waals surface area contributed by atoms with Crippen LogP contribution in [0.3, 0.4) is 0 Å². The van der Waals surface area contributed by atoms with Gasteiger partial charge < -0.3 is 4.74 Å². The molecule has 2 rings (SSSR count). The van der Waals surface area contributed by atoms with Crippen LogP contribution in [0.5, 0.6) is 0 Å². The number of nitriles is 1. The first kappa shape index (κ1) is 10.8. The number of carbonyl (C=O) groups is 1. The van der Waals surface area contributed by atoms with Crippen LogP contribution in [-0.4, -0.2) is 27.3 Å². The average Bonchev–Trinajstić information content (AvgIpc) is 2.90. The summed E-state index contributed by atoms with van der Waals surface area (Å²) in [5, 5.41) is 12.2. The molecule has 0 radical (unpaired) electrons. The molecule has 0 aliphatic heterocycles. The second-order valence-corrected chi connectivity index (χ2v) is 3.12. The molecule has 0 amide bonds. The van der Waals surface area contributed by atoms with Gasteiger partial charge in [0, 0.05) is 0 Å². The number of rotatable bonds is 3. The lowest BCUT2D eigenvalue weighted by atomic mass is 10.2. The van der Waals surface area contributed by atoms with E-state index < -0.39 is 5.97 Å². The first-order valence-electron chi connectivity index (χ1n) is 4.80. The van der Waals surface area contributed by atoms with Crippen molar-refractivity contribution in [3.05, 3.63) is 42.5 Å². The molecule has 0 aliphatic rings. The van der Waals surface area contributed by atoms with Crippen molar-refractivity contribution in [2.24, 2.45) is 0 Å². The van der Waals surface area contributed by atoms with Crippen LogP contribution >= 0.6 is 0 Å². The van der Waals surface area contributed by atoms with Gasteiger partial charge in [-0.3, -0.25) is 0 Å². The van der Waals surface area contributed by atoms with Gasteiger partial charge in [-0.1, -0.05) is 0 Å². The first-order valence-corrected chi connectivity index (χ1v) is 4.80. The van der Waals surface area contributed by atoms with Crippen LogP contribution in [0.15, 0.2) is 36.9 Å².